The minimum Gasteiger partial charge on any atom is -0.481 e. The lowest BCUT2D eigenvalue weighted by atomic mass is 9.89. The lowest BCUT2D eigenvalue weighted by Gasteiger charge is -2.14. The summed E-state index contributed by atoms with van der Waals surface area (Å²) in [5.74, 6) is -0.806. The molecule has 3 atom stereocenters. The molecule has 0 bridgehead atoms. The molecule has 4 heteroatoms. The summed E-state index contributed by atoms with van der Waals surface area (Å²) < 4.78 is 0. The van der Waals surface area contributed by atoms with Crippen molar-refractivity contribution in [2.45, 2.75) is 51.6 Å². The molecule has 0 spiro atoms. The number of aliphatic carboxylic acids is 1. The van der Waals surface area contributed by atoms with Gasteiger partial charge >= 0.3 is 5.97 Å². The van der Waals surface area contributed by atoms with Crippen LogP contribution in [0.3, 0.4) is 0 Å². The molecular formula is C18H26O4. The maximum Gasteiger partial charge on any atom is 0.303 e. The van der Waals surface area contributed by atoms with E-state index in [0.717, 1.165) is 19.3 Å². The third-order valence-electron chi connectivity index (χ3n) is 3.80. The number of aliphatic hydroxyl groups is 1. The van der Waals surface area contributed by atoms with Crippen molar-refractivity contribution in [1.29, 1.82) is 0 Å². The molecule has 1 aliphatic rings. The normalized spacial score (nSPS) is 22.9. The smallest absolute Gasteiger partial charge is 0.303 e. The summed E-state index contributed by atoms with van der Waals surface area (Å²) in [5, 5.41) is 18.5. The lowest BCUT2D eigenvalue weighted by Crippen LogP contribution is -2.14. The summed E-state index contributed by atoms with van der Waals surface area (Å²) in [4.78, 5) is 22.4. The van der Waals surface area contributed by atoms with Gasteiger partial charge in [0.1, 0.15) is 0 Å². The fraction of sp³-hybridized carbons (Fsp3) is 0.556. The van der Waals surface area contributed by atoms with E-state index in [-0.39, 0.29) is 24.0 Å². The number of hydrogen-bond acceptors (Lipinski definition) is 3. The first-order valence-corrected chi connectivity index (χ1v) is 7.99. The summed E-state index contributed by atoms with van der Waals surface area (Å²) in [6.07, 6.45) is 14.3. The van der Waals surface area contributed by atoms with E-state index in [1.165, 1.54) is 0 Å². The zero-order chi connectivity index (χ0) is 16.4. The molecule has 0 aromatic rings. The number of carboxylic acids is 1. The molecule has 0 amide bonds. The van der Waals surface area contributed by atoms with Gasteiger partial charge in [0.25, 0.3) is 0 Å². The van der Waals surface area contributed by atoms with Gasteiger partial charge in [-0.15, -0.1) is 0 Å². The Kier molecular flexibility index (Phi) is 8.44. The van der Waals surface area contributed by atoms with Crippen molar-refractivity contribution in [2.24, 2.45) is 11.8 Å². The highest BCUT2D eigenvalue weighted by Crippen LogP contribution is 2.28. The number of unbranched alkanes of at least 4 members (excludes halogenated alkanes) is 1. The molecule has 0 aromatic carbocycles. The monoisotopic (exact) mass is 306 g/mol. The number of allylic oxidation sites excluding steroid dienone is 4. The number of carbonyl (C=O) groups is 2. The number of aliphatic hydroxyl groups excluding tert-OH is 1. The minimum atomic E-state index is -0.780. The molecule has 0 radical (unpaired) electrons. The van der Waals surface area contributed by atoms with E-state index in [4.69, 9.17) is 5.11 Å². The fourth-order valence-corrected chi connectivity index (χ4v) is 2.56. The maximum atomic E-state index is 11.9. The van der Waals surface area contributed by atoms with Crippen molar-refractivity contribution in [2.75, 3.05) is 0 Å². The van der Waals surface area contributed by atoms with Gasteiger partial charge in [-0.25, -0.2) is 0 Å². The first kappa shape index (κ1) is 18.4. The van der Waals surface area contributed by atoms with E-state index in [2.05, 4.69) is 0 Å². The Balaban J connectivity index is 2.43. The van der Waals surface area contributed by atoms with Crippen molar-refractivity contribution in [3.05, 3.63) is 36.5 Å². The van der Waals surface area contributed by atoms with Crippen molar-refractivity contribution < 1.29 is 19.8 Å². The van der Waals surface area contributed by atoms with Crippen LogP contribution in [0.25, 0.3) is 0 Å². The average Bonchev–Trinajstić information content (AvgIpc) is 2.82. The number of carbonyl (C=O) groups excluding carboxylic acids is 1. The van der Waals surface area contributed by atoms with Crippen molar-refractivity contribution in [3.63, 3.8) is 0 Å². The highest BCUT2D eigenvalue weighted by molar-refractivity contribution is 5.95. The zero-order valence-corrected chi connectivity index (χ0v) is 13.1. The third-order valence-corrected chi connectivity index (χ3v) is 3.80. The Morgan fingerprint density at radius 1 is 1.36 bits per heavy atom. The molecule has 0 heterocycles. The predicted octanol–water partition coefficient (Wildman–Crippen LogP) is 3.28. The van der Waals surface area contributed by atoms with E-state index >= 15 is 0 Å². The van der Waals surface area contributed by atoms with Crippen LogP contribution in [-0.2, 0) is 9.59 Å². The van der Waals surface area contributed by atoms with Crippen molar-refractivity contribution >= 4 is 11.8 Å². The average molecular weight is 306 g/mol. The molecular weight excluding hydrogens is 280 g/mol. The number of ketones is 1. The van der Waals surface area contributed by atoms with Gasteiger partial charge in [-0.1, -0.05) is 43.7 Å². The van der Waals surface area contributed by atoms with E-state index in [9.17, 15) is 14.7 Å². The SMILES string of the molecule is CC/C=C\C[C@H](O)/C=C/[C@@H]1C(=O)C=C[C@@H]1CCCCC(=O)O. The molecule has 1 aliphatic carbocycles. The van der Waals surface area contributed by atoms with Gasteiger partial charge in [0, 0.05) is 12.3 Å². The van der Waals surface area contributed by atoms with Gasteiger partial charge in [-0.05, 0) is 37.7 Å². The van der Waals surface area contributed by atoms with E-state index in [1.54, 1.807) is 18.2 Å². The van der Waals surface area contributed by atoms with Crippen LogP contribution < -0.4 is 0 Å². The topological polar surface area (TPSA) is 74.6 Å². The number of carboxylic acid groups (broad SMARTS) is 1. The van der Waals surface area contributed by atoms with Gasteiger partial charge in [0.05, 0.1) is 6.10 Å². The highest BCUT2D eigenvalue weighted by atomic mass is 16.4. The van der Waals surface area contributed by atoms with Gasteiger partial charge < -0.3 is 10.2 Å². The highest BCUT2D eigenvalue weighted by Gasteiger charge is 2.27. The van der Waals surface area contributed by atoms with E-state index < -0.39 is 12.1 Å². The third kappa shape index (κ3) is 6.85. The van der Waals surface area contributed by atoms with Crippen LogP contribution in [0.2, 0.25) is 0 Å². The van der Waals surface area contributed by atoms with Gasteiger partial charge in [0.15, 0.2) is 5.78 Å². The van der Waals surface area contributed by atoms with E-state index in [1.807, 2.05) is 25.2 Å². The van der Waals surface area contributed by atoms with Crippen molar-refractivity contribution in [3.8, 4) is 0 Å². The maximum absolute atomic E-state index is 11.9. The second-order valence-electron chi connectivity index (χ2n) is 5.66. The molecule has 0 unspecified atom stereocenters. The molecule has 4 nitrogen and oxygen atoms in total. The molecule has 0 aromatic heterocycles. The predicted molar refractivity (Wildman–Crippen MR) is 86.4 cm³/mol. The Morgan fingerprint density at radius 3 is 2.82 bits per heavy atom. The Bertz CT molecular complexity index is 448. The van der Waals surface area contributed by atoms with Crippen LogP contribution >= 0.6 is 0 Å². The summed E-state index contributed by atoms with van der Waals surface area (Å²) in [7, 11) is 0. The van der Waals surface area contributed by atoms with Crippen LogP contribution in [0.5, 0.6) is 0 Å². The molecule has 0 fully saturated rings. The Hall–Kier alpha value is -1.68. The molecule has 122 valence electrons. The second-order valence-corrected chi connectivity index (χ2v) is 5.66. The van der Waals surface area contributed by atoms with Gasteiger partial charge in [-0.3, -0.25) is 9.59 Å². The molecule has 22 heavy (non-hydrogen) atoms. The first-order valence-electron chi connectivity index (χ1n) is 7.99. The van der Waals surface area contributed by atoms with Gasteiger partial charge in [-0.2, -0.15) is 0 Å². The fourth-order valence-electron chi connectivity index (χ4n) is 2.56. The molecule has 0 saturated heterocycles. The summed E-state index contributed by atoms with van der Waals surface area (Å²) >= 11 is 0. The number of rotatable bonds is 10. The first-order chi connectivity index (χ1) is 10.5. The van der Waals surface area contributed by atoms with Crippen LogP contribution in [0.1, 0.15) is 45.4 Å². The largest absolute Gasteiger partial charge is 0.481 e. The zero-order valence-electron chi connectivity index (χ0n) is 13.1. The lowest BCUT2D eigenvalue weighted by molar-refractivity contribution is -0.137. The van der Waals surface area contributed by atoms with Crippen LogP contribution in [0.15, 0.2) is 36.5 Å². The second kappa shape index (κ2) is 10.1. The Morgan fingerprint density at radius 2 is 2.14 bits per heavy atom. The van der Waals surface area contributed by atoms with Crippen LogP contribution in [-0.4, -0.2) is 28.1 Å². The Labute approximate surface area is 132 Å². The van der Waals surface area contributed by atoms with Crippen LogP contribution in [0, 0.1) is 11.8 Å². The van der Waals surface area contributed by atoms with Gasteiger partial charge in [0.2, 0.25) is 0 Å². The number of hydrogen-bond donors (Lipinski definition) is 2. The van der Waals surface area contributed by atoms with Crippen LogP contribution in [0.4, 0.5) is 0 Å². The molecule has 2 N–H and O–H groups in total. The van der Waals surface area contributed by atoms with E-state index in [0.29, 0.717) is 12.8 Å². The standard InChI is InChI=1S/C18H26O4/c1-2-3-4-8-15(19)11-12-16-14(10-13-17(16)20)7-5-6-9-18(21)22/h3-4,10-16,19H,2,5-9H2,1H3,(H,21,22)/b4-3-,12-11+/t14-,15-,16-/m0/s1. The molecule has 0 saturated carbocycles. The summed E-state index contributed by atoms with van der Waals surface area (Å²) in [6.45, 7) is 2.04. The summed E-state index contributed by atoms with van der Waals surface area (Å²) in [6, 6.07) is 0. The molecule has 0 aliphatic heterocycles. The summed E-state index contributed by atoms with van der Waals surface area (Å²) in [5.41, 5.74) is 0. The minimum absolute atomic E-state index is 0.0655. The molecule has 1 rings (SSSR count). The quantitative estimate of drug-likeness (QED) is 0.480. The van der Waals surface area contributed by atoms with Crippen molar-refractivity contribution in [1.82, 2.24) is 0 Å².